The van der Waals surface area contributed by atoms with Gasteiger partial charge in [-0.1, -0.05) is 6.07 Å². The Labute approximate surface area is 99.0 Å². The van der Waals surface area contributed by atoms with Crippen LogP contribution in [0.1, 0.15) is 16.8 Å². The number of fused-ring (bicyclic) bond motifs is 1. The molecule has 3 rings (SSSR count). The lowest BCUT2D eigenvalue weighted by Gasteiger charge is -2.27. The topological polar surface area (TPSA) is 54.3 Å². The minimum atomic E-state index is -0.0364. The highest BCUT2D eigenvalue weighted by Crippen LogP contribution is 2.19. The molecule has 1 aliphatic rings. The molecule has 2 heterocycles. The number of amides is 1. The molecule has 0 spiro atoms. The molecule has 2 aromatic rings. The molecule has 1 aromatic carbocycles. The van der Waals surface area contributed by atoms with Crippen LogP contribution in [0.25, 0.3) is 11.0 Å². The van der Waals surface area contributed by atoms with Crippen LogP contribution in [-0.4, -0.2) is 25.0 Å². The van der Waals surface area contributed by atoms with Gasteiger partial charge >= 0.3 is 0 Å². The Morgan fingerprint density at radius 2 is 2.35 bits per heavy atom. The van der Waals surface area contributed by atoms with Gasteiger partial charge in [0.05, 0.1) is 11.8 Å². The molecule has 0 saturated carbocycles. The van der Waals surface area contributed by atoms with Crippen LogP contribution in [0.3, 0.4) is 0 Å². The number of carbonyl (C=O) groups is 1. The van der Waals surface area contributed by atoms with Gasteiger partial charge in [-0.25, -0.2) is 0 Å². The van der Waals surface area contributed by atoms with E-state index in [0.717, 1.165) is 23.9 Å². The highest BCUT2D eigenvalue weighted by Gasteiger charge is 2.18. The Morgan fingerprint density at radius 3 is 3.12 bits per heavy atom. The predicted octanol–water partition coefficient (Wildman–Crippen LogP) is 1.52. The summed E-state index contributed by atoms with van der Waals surface area (Å²) in [4.78, 5) is 12.0. The number of rotatable bonds is 3. The Bertz CT molecular complexity index is 543. The van der Waals surface area contributed by atoms with Crippen molar-refractivity contribution >= 4 is 16.9 Å². The number of hydrogen-bond acceptors (Lipinski definition) is 3. The monoisotopic (exact) mass is 230 g/mol. The Hall–Kier alpha value is -1.81. The molecule has 1 atom stereocenters. The van der Waals surface area contributed by atoms with Crippen molar-refractivity contribution in [1.82, 2.24) is 10.6 Å². The lowest BCUT2D eigenvalue weighted by molar-refractivity contribution is 0.0947. The van der Waals surface area contributed by atoms with E-state index in [1.165, 1.54) is 0 Å². The van der Waals surface area contributed by atoms with Crippen LogP contribution < -0.4 is 10.6 Å². The number of benzene rings is 1. The zero-order chi connectivity index (χ0) is 11.7. The second-order valence-electron chi connectivity index (χ2n) is 4.29. The minimum absolute atomic E-state index is 0.0364. The molecule has 0 bridgehead atoms. The summed E-state index contributed by atoms with van der Waals surface area (Å²) >= 11 is 0. The second-order valence-corrected chi connectivity index (χ2v) is 4.29. The smallest absolute Gasteiger partial charge is 0.252 e. The van der Waals surface area contributed by atoms with E-state index in [9.17, 15) is 4.79 Å². The second kappa shape index (κ2) is 4.22. The molecule has 0 aliphatic carbocycles. The molecule has 0 radical (unpaired) electrons. The summed E-state index contributed by atoms with van der Waals surface area (Å²) < 4.78 is 5.27. The lowest BCUT2D eigenvalue weighted by Crippen LogP contribution is -2.50. The van der Waals surface area contributed by atoms with E-state index in [-0.39, 0.29) is 5.91 Å². The summed E-state index contributed by atoms with van der Waals surface area (Å²) in [5.41, 5.74) is 1.43. The highest BCUT2D eigenvalue weighted by atomic mass is 16.3. The number of furan rings is 1. The first-order valence-electron chi connectivity index (χ1n) is 5.82. The zero-order valence-corrected chi connectivity index (χ0v) is 9.40. The maximum Gasteiger partial charge on any atom is 0.252 e. The normalized spacial score (nSPS) is 18.9. The molecule has 1 aliphatic heterocycles. The molecular weight excluding hydrogens is 216 g/mol. The first-order valence-corrected chi connectivity index (χ1v) is 5.82. The summed E-state index contributed by atoms with van der Waals surface area (Å²) in [6, 6.07) is 7.78. The van der Waals surface area contributed by atoms with Gasteiger partial charge in [-0.15, -0.1) is 0 Å². The third-order valence-corrected chi connectivity index (χ3v) is 3.18. The molecule has 88 valence electrons. The molecule has 1 fully saturated rings. The SMILES string of the molecule is O=C(NC[C@@H]1CCN1)c1cccc2occc12. The average Bonchev–Trinajstić information content (AvgIpc) is 2.74. The molecule has 4 heteroatoms. The van der Waals surface area contributed by atoms with Gasteiger partial charge in [-0.05, 0) is 31.2 Å². The third-order valence-electron chi connectivity index (χ3n) is 3.18. The van der Waals surface area contributed by atoms with Gasteiger partial charge in [0.2, 0.25) is 0 Å². The molecule has 1 amide bonds. The number of hydrogen-bond donors (Lipinski definition) is 2. The van der Waals surface area contributed by atoms with Crippen LogP contribution in [-0.2, 0) is 0 Å². The molecule has 1 saturated heterocycles. The summed E-state index contributed by atoms with van der Waals surface area (Å²) in [5.74, 6) is -0.0364. The van der Waals surface area contributed by atoms with Crippen LogP contribution in [0.4, 0.5) is 0 Å². The first-order chi connectivity index (χ1) is 8.34. The Kier molecular flexibility index (Phi) is 2.57. The van der Waals surface area contributed by atoms with Crippen molar-refractivity contribution < 1.29 is 9.21 Å². The maximum atomic E-state index is 12.0. The predicted molar refractivity (Wildman–Crippen MR) is 65.0 cm³/mol. The summed E-state index contributed by atoms with van der Waals surface area (Å²) in [5, 5.41) is 7.06. The van der Waals surface area contributed by atoms with E-state index in [1.807, 2.05) is 24.3 Å². The average molecular weight is 230 g/mol. The van der Waals surface area contributed by atoms with E-state index >= 15 is 0 Å². The van der Waals surface area contributed by atoms with Crippen molar-refractivity contribution in [2.24, 2.45) is 0 Å². The van der Waals surface area contributed by atoms with Crippen LogP contribution in [0.15, 0.2) is 34.9 Å². The van der Waals surface area contributed by atoms with E-state index in [1.54, 1.807) is 6.26 Å². The van der Waals surface area contributed by atoms with Crippen LogP contribution in [0.2, 0.25) is 0 Å². The van der Waals surface area contributed by atoms with Crippen molar-refractivity contribution in [3.8, 4) is 0 Å². The Balaban J connectivity index is 1.77. The van der Waals surface area contributed by atoms with E-state index in [4.69, 9.17) is 4.42 Å². The summed E-state index contributed by atoms with van der Waals surface area (Å²) in [6.45, 7) is 1.74. The van der Waals surface area contributed by atoms with Gasteiger partial charge in [-0.3, -0.25) is 4.79 Å². The van der Waals surface area contributed by atoms with E-state index in [2.05, 4.69) is 10.6 Å². The molecule has 2 N–H and O–H groups in total. The fourth-order valence-corrected chi connectivity index (χ4v) is 2.03. The summed E-state index contributed by atoms with van der Waals surface area (Å²) in [6.07, 6.45) is 2.74. The van der Waals surface area contributed by atoms with Gasteiger partial charge in [0.1, 0.15) is 5.58 Å². The Morgan fingerprint density at radius 1 is 1.47 bits per heavy atom. The number of nitrogens with one attached hydrogen (secondary N) is 2. The number of carbonyl (C=O) groups excluding carboxylic acids is 1. The van der Waals surface area contributed by atoms with Crippen LogP contribution >= 0.6 is 0 Å². The maximum absolute atomic E-state index is 12.0. The van der Waals surface area contributed by atoms with Crippen LogP contribution in [0.5, 0.6) is 0 Å². The van der Waals surface area contributed by atoms with Gasteiger partial charge in [0, 0.05) is 18.0 Å². The highest BCUT2D eigenvalue weighted by molar-refractivity contribution is 6.05. The van der Waals surface area contributed by atoms with Gasteiger partial charge in [0.15, 0.2) is 0 Å². The minimum Gasteiger partial charge on any atom is -0.464 e. The molecule has 1 aromatic heterocycles. The van der Waals surface area contributed by atoms with Crippen molar-refractivity contribution in [3.05, 3.63) is 36.1 Å². The van der Waals surface area contributed by atoms with Crippen molar-refractivity contribution in [1.29, 1.82) is 0 Å². The standard InChI is InChI=1S/C13H14N2O2/c16-13(15-8-9-4-6-14-9)11-2-1-3-12-10(11)5-7-17-12/h1-3,5,7,9,14H,4,6,8H2,(H,15,16)/t9-/m0/s1. The van der Waals surface area contributed by atoms with Gasteiger partial charge in [-0.2, -0.15) is 0 Å². The zero-order valence-electron chi connectivity index (χ0n) is 9.40. The third kappa shape index (κ3) is 1.91. The van der Waals surface area contributed by atoms with Gasteiger partial charge < -0.3 is 15.1 Å². The van der Waals surface area contributed by atoms with Crippen LogP contribution in [0, 0.1) is 0 Å². The van der Waals surface area contributed by atoms with Crippen molar-refractivity contribution in [2.45, 2.75) is 12.5 Å². The molecule has 0 unspecified atom stereocenters. The largest absolute Gasteiger partial charge is 0.464 e. The van der Waals surface area contributed by atoms with E-state index in [0.29, 0.717) is 18.2 Å². The van der Waals surface area contributed by atoms with Crippen molar-refractivity contribution in [2.75, 3.05) is 13.1 Å². The first kappa shape index (κ1) is 10.4. The molecular formula is C13H14N2O2. The molecule has 4 nitrogen and oxygen atoms in total. The summed E-state index contributed by atoms with van der Waals surface area (Å²) in [7, 11) is 0. The lowest BCUT2D eigenvalue weighted by atomic mass is 10.1. The van der Waals surface area contributed by atoms with Gasteiger partial charge in [0.25, 0.3) is 5.91 Å². The quantitative estimate of drug-likeness (QED) is 0.840. The molecule has 17 heavy (non-hydrogen) atoms. The van der Waals surface area contributed by atoms with Crippen molar-refractivity contribution in [3.63, 3.8) is 0 Å². The fraction of sp³-hybridized carbons (Fsp3) is 0.308. The fourth-order valence-electron chi connectivity index (χ4n) is 2.03. The van der Waals surface area contributed by atoms with E-state index < -0.39 is 0 Å².